The van der Waals surface area contributed by atoms with Crippen molar-refractivity contribution in [3.63, 3.8) is 0 Å². The van der Waals surface area contributed by atoms with E-state index in [1.54, 1.807) is 19.1 Å². The first-order valence-electron chi connectivity index (χ1n) is 6.25. The molecule has 6 nitrogen and oxygen atoms in total. The Kier molecular flexibility index (Phi) is 6.09. The average molecular weight is 303 g/mol. The van der Waals surface area contributed by atoms with Gasteiger partial charge < -0.3 is 19.9 Å². The lowest BCUT2D eigenvalue weighted by atomic mass is 10.2. The standard InChI is InChI=1S/C13H21NO5S/c1-4-20(15,16)6-5-19-13-11(17-2)7-10(9-14)8-12(13)18-3/h7-8H,4-6,9,14H2,1-3H3. The summed E-state index contributed by atoms with van der Waals surface area (Å²) in [5.74, 6) is 1.38. The fourth-order valence-corrected chi connectivity index (χ4v) is 2.24. The van der Waals surface area contributed by atoms with Gasteiger partial charge in [-0.2, -0.15) is 0 Å². The molecule has 20 heavy (non-hydrogen) atoms. The molecule has 1 aromatic carbocycles. The minimum absolute atomic E-state index is 0.0465. The number of methoxy groups -OCH3 is 2. The van der Waals surface area contributed by atoms with Gasteiger partial charge in [0.2, 0.25) is 5.75 Å². The zero-order chi connectivity index (χ0) is 15.2. The summed E-state index contributed by atoms with van der Waals surface area (Å²) in [5, 5.41) is 0. The number of nitrogens with two attached hydrogens (primary N) is 1. The average Bonchev–Trinajstić information content (AvgIpc) is 2.46. The molecular weight excluding hydrogens is 282 g/mol. The summed E-state index contributed by atoms with van der Waals surface area (Å²) in [7, 11) is -0.0589. The van der Waals surface area contributed by atoms with Crippen molar-refractivity contribution >= 4 is 9.84 Å². The summed E-state index contributed by atoms with van der Waals surface area (Å²) in [5.41, 5.74) is 6.43. The molecule has 0 saturated heterocycles. The van der Waals surface area contributed by atoms with Crippen molar-refractivity contribution in [1.29, 1.82) is 0 Å². The summed E-state index contributed by atoms with van der Waals surface area (Å²) >= 11 is 0. The van der Waals surface area contributed by atoms with E-state index in [1.165, 1.54) is 14.2 Å². The van der Waals surface area contributed by atoms with Crippen molar-refractivity contribution < 1.29 is 22.6 Å². The van der Waals surface area contributed by atoms with Crippen molar-refractivity contribution in [2.45, 2.75) is 13.5 Å². The van der Waals surface area contributed by atoms with E-state index < -0.39 is 9.84 Å². The smallest absolute Gasteiger partial charge is 0.203 e. The van der Waals surface area contributed by atoms with E-state index in [4.69, 9.17) is 19.9 Å². The molecule has 0 aromatic heterocycles. The minimum Gasteiger partial charge on any atom is -0.493 e. The summed E-state index contributed by atoms with van der Waals surface area (Å²) < 4.78 is 38.9. The van der Waals surface area contributed by atoms with Crippen LogP contribution in [0, 0.1) is 0 Å². The van der Waals surface area contributed by atoms with E-state index in [0.29, 0.717) is 23.8 Å². The summed E-state index contributed by atoms with van der Waals surface area (Å²) in [6.45, 7) is 1.99. The molecule has 0 aliphatic heterocycles. The highest BCUT2D eigenvalue weighted by molar-refractivity contribution is 7.91. The maximum atomic E-state index is 11.4. The molecule has 1 rings (SSSR count). The summed E-state index contributed by atoms with van der Waals surface area (Å²) in [6, 6.07) is 3.48. The lowest BCUT2D eigenvalue weighted by Crippen LogP contribution is -2.16. The largest absolute Gasteiger partial charge is 0.493 e. The maximum Gasteiger partial charge on any atom is 0.203 e. The fourth-order valence-electron chi connectivity index (χ4n) is 1.61. The Morgan fingerprint density at radius 1 is 1.15 bits per heavy atom. The van der Waals surface area contributed by atoms with Gasteiger partial charge in [-0.1, -0.05) is 6.92 Å². The third-order valence-electron chi connectivity index (χ3n) is 2.84. The Hall–Kier alpha value is -1.47. The van der Waals surface area contributed by atoms with Gasteiger partial charge in [-0.15, -0.1) is 0 Å². The lowest BCUT2D eigenvalue weighted by Gasteiger charge is -2.15. The van der Waals surface area contributed by atoms with Gasteiger partial charge in [0, 0.05) is 12.3 Å². The van der Waals surface area contributed by atoms with Crippen molar-refractivity contribution in [1.82, 2.24) is 0 Å². The quantitative estimate of drug-likeness (QED) is 0.770. The number of rotatable bonds is 8. The Morgan fingerprint density at radius 3 is 2.10 bits per heavy atom. The molecule has 0 radical (unpaired) electrons. The van der Waals surface area contributed by atoms with Crippen molar-refractivity contribution in [2.75, 3.05) is 32.3 Å². The first-order chi connectivity index (χ1) is 9.47. The monoisotopic (exact) mass is 303 g/mol. The molecule has 0 spiro atoms. The van der Waals surface area contributed by atoms with E-state index in [-0.39, 0.29) is 18.1 Å². The van der Waals surface area contributed by atoms with Gasteiger partial charge >= 0.3 is 0 Å². The molecule has 0 bridgehead atoms. The van der Waals surface area contributed by atoms with Gasteiger partial charge in [-0.3, -0.25) is 0 Å². The highest BCUT2D eigenvalue weighted by Gasteiger charge is 2.15. The summed E-state index contributed by atoms with van der Waals surface area (Å²) in [4.78, 5) is 0. The van der Waals surface area contributed by atoms with Gasteiger partial charge in [0.25, 0.3) is 0 Å². The molecular formula is C13H21NO5S. The van der Waals surface area contributed by atoms with E-state index in [1.807, 2.05) is 0 Å². The molecule has 0 atom stereocenters. The first kappa shape index (κ1) is 16.6. The van der Waals surface area contributed by atoms with Crippen molar-refractivity contribution in [2.24, 2.45) is 5.73 Å². The molecule has 0 fully saturated rings. The van der Waals surface area contributed by atoms with Gasteiger partial charge in [0.1, 0.15) is 6.61 Å². The number of ether oxygens (including phenoxy) is 3. The van der Waals surface area contributed by atoms with Crippen LogP contribution in [0.2, 0.25) is 0 Å². The third kappa shape index (κ3) is 4.28. The molecule has 0 unspecified atom stereocenters. The van der Waals surface area contributed by atoms with E-state index >= 15 is 0 Å². The molecule has 114 valence electrons. The number of hydrogen-bond donors (Lipinski definition) is 1. The fraction of sp³-hybridized carbons (Fsp3) is 0.538. The van der Waals surface area contributed by atoms with Crippen LogP contribution in [0.25, 0.3) is 0 Å². The molecule has 0 aliphatic rings. The third-order valence-corrected chi connectivity index (χ3v) is 4.50. The van der Waals surface area contributed by atoms with Crippen molar-refractivity contribution in [3.05, 3.63) is 17.7 Å². The van der Waals surface area contributed by atoms with Crippen LogP contribution >= 0.6 is 0 Å². The predicted molar refractivity (Wildman–Crippen MR) is 77.3 cm³/mol. The summed E-state index contributed by atoms with van der Waals surface area (Å²) in [6.07, 6.45) is 0. The van der Waals surface area contributed by atoms with Crippen LogP contribution in [0.5, 0.6) is 17.2 Å². The Bertz CT molecular complexity index is 517. The molecule has 0 saturated carbocycles. The van der Waals surface area contributed by atoms with Crippen LogP contribution in [-0.4, -0.2) is 40.7 Å². The van der Waals surface area contributed by atoms with Crippen LogP contribution in [0.1, 0.15) is 12.5 Å². The predicted octanol–water partition coefficient (Wildman–Crippen LogP) is 0.976. The molecule has 0 aliphatic carbocycles. The highest BCUT2D eigenvalue weighted by Crippen LogP contribution is 2.38. The maximum absolute atomic E-state index is 11.4. The molecule has 0 heterocycles. The second-order valence-corrected chi connectivity index (χ2v) is 6.59. The van der Waals surface area contributed by atoms with Crippen molar-refractivity contribution in [3.8, 4) is 17.2 Å². The van der Waals surface area contributed by atoms with Gasteiger partial charge in [-0.25, -0.2) is 8.42 Å². The SMILES string of the molecule is CCS(=O)(=O)CCOc1c(OC)cc(CN)cc1OC. The topological polar surface area (TPSA) is 87.9 Å². The number of sulfone groups is 1. The first-order valence-corrected chi connectivity index (χ1v) is 8.07. The van der Waals surface area contributed by atoms with E-state index in [9.17, 15) is 8.42 Å². The second-order valence-electron chi connectivity index (χ2n) is 4.12. The molecule has 2 N–H and O–H groups in total. The van der Waals surface area contributed by atoms with Crippen LogP contribution in [-0.2, 0) is 16.4 Å². The Balaban J connectivity index is 2.93. The lowest BCUT2D eigenvalue weighted by molar-refractivity contribution is 0.288. The number of benzene rings is 1. The Labute approximate surface area is 119 Å². The highest BCUT2D eigenvalue weighted by atomic mass is 32.2. The molecule has 7 heteroatoms. The van der Waals surface area contributed by atoms with Crippen LogP contribution in [0.15, 0.2) is 12.1 Å². The zero-order valence-electron chi connectivity index (χ0n) is 12.0. The second kappa shape index (κ2) is 7.35. The van der Waals surface area contributed by atoms with E-state index in [2.05, 4.69) is 0 Å². The van der Waals surface area contributed by atoms with Gasteiger partial charge in [0.05, 0.1) is 20.0 Å². The van der Waals surface area contributed by atoms with Gasteiger partial charge in [0.15, 0.2) is 21.3 Å². The van der Waals surface area contributed by atoms with Crippen LogP contribution < -0.4 is 19.9 Å². The number of hydrogen-bond acceptors (Lipinski definition) is 6. The van der Waals surface area contributed by atoms with Crippen LogP contribution in [0.3, 0.4) is 0 Å². The minimum atomic E-state index is -3.07. The Morgan fingerprint density at radius 2 is 1.70 bits per heavy atom. The van der Waals surface area contributed by atoms with Gasteiger partial charge in [-0.05, 0) is 17.7 Å². The normalized spacial score (nSPS) is 11.2. The molecule has 1 aromatic rings. The van der Waals surface area contributed by atoms with Crippen LogP contribution in [0.4, 0.5) is 0 Å². The molecule has 0 amide bonds. The zero-order valence-corrected chi connectivity index (χ0v) is 12.8. The van der Waals surface area contributed by atoms with E-state index in [0.717, 1.165) is 5.56 Å².